The Labute approximate surface area is 204 Å². The molecule has 1 N–H and O–H groups in total. The fraction of sp³-hybridized carbons (Fsp3) is 0.120. The molecule has 3 aromatic carbocycles. The van der Waals surface area contributed by atoms with Gasteiger partial charge >= 0.3 is 0 Å². The molecule has 2 aliphatic heterocycles. The molecule has 0 radical (unpaired) electrons. The van der Waals surface area contributed by atoms with Gasteiger partial charge in [-0.3, -0.25) is 0 Å². The Kier molecular flexibility index (Phi) is 4.97. The number of benzene rings is 3. The van der Waals surface area contributed by atoms with E-state index in [2.05, 4.69) is 15.4 Å². The van der Waals surface area contributed by atoms with Gasteiger partial charge in [0, 0.05) is 26.7 Å². The van der Waals surface area contributed by atoms with Gasteiger partial charge < -0.3 is 14.8 Å². The zero-order chi connectivity index (χ0) is 23.4. The molecule has 0 spiro atoms. The maximum atomic E-state index is 13.8. The summed E-state index contributed by atoms with van der Waals surface area (Å²) in [6, 6.07) is 16.8. The van der Waals surface area contributed by atoms with Crippen LogP contribution in [0, 0.1) is 5.82 Å². The predicted octanol–water partition coefficient (Wildman–Crippen LogP) is 6.29. The minimum atomic E-state index is -0.569. The Morgan fingerprint density at radius 2 is 1.88 bits per heavy atom. The normalized spacial score (nSPS) is 18.4. The van der Waals surface area contributed by atoms with Crippen molar-refractivity contribution < 1.29 is 13.9 Å². The number of hydrogen-bond acceptors (Lipinski definition) is 5. The maximum absolute atomic E-state index is 13.8. The average molecular weight is 495 g/mol. The third-order valence-corrected chi connectivity index (χ3v) is 6.61. The minimum Gasteiger partial charge on any atom is -0.497 e. The first-order valence-electron chi connectivity index (χ1n) is 10.5. The highest BCUT2D eigenvalue weighted by Gasteiger charge is 2.41. The monoisotopic (exact) mass is 494 g/mol. The van der Waals surface area contributed by atoms with E-state index in [1.165, 1.54) is 18.5 Å². The van der Waals surface area contributed by atoms with Gasteiger partial charge in [0.15, 0.2) is 6.10 Å². The topological polar surface area (TPSA) is 61.2 Å². The van der Waals surface area contributed by atoms with E-state index in [0.717, 1.165) is 28.0 Å². The number of methoxy groups -OCH3 is 1. The van der Waals surface area contributed by atoms with Gasteiger partial charge in [-0.2, -0.15) is 10.1 Å². The first kappa shape index (κ1) is 21.0. The molecule has 1 aromatic heterocycles. The van der Waals surface area contributed by atoms with E-state index < -0.39 is 12.1 Å². The summed E-state index contributed by atoms with van der Waals surface area (Å²) >= 11 is 12.8. The second kappa shape index (κ2) is 8.04. The van der Waals surface area contributed by atoms with Crippen LogP contribution < -0.4 is 14.8 Å². The second-order valence-electron chi connectivity index (χ2n) is 7.96. The van der Waals surface area contributed by atoms with Crippen LogP contribution in [0.5, 0.6) is 11.5 Å². The highest BCUT2D eigenvalue weighted by atomic mass is 35.5. The Balaban J connectivity index is 1.64. The molecule has 0 aliphatic carbocycles. The SMILES string of the molecule is COc1ccc2c(c1)C1=C([C@@H](c3ccc(Cl)cc3Cl)O2)[C@@H](c2ccc(F)cc2)n2ncnc2N1. The highest BCUT2D eigenvalue weighted by molar-refractivity contribution is 6.35. The van der Waals surface area contributed by atoms with Crippen molar-refractivity contribution in [1.29, 1.82) is 0 Å². The van der Waals surface area contributed by atoms with Crippen molar-refractivity contribution in [3.05, 3.63) is 105 Å². The molecule has 0 unspecified atom stereocenters. The van der Waals surface area contributed by atoms with Crippen molar-refractivity contribution >= 4 is 34.8 Å². The van der Waals surface area contributed by atoms with Crippen molar-refractivity contribution in [2.24, 2.45) is 0 Å². The first-order chi connectivity index (χ1) is 16.5. The number of fused-ring (bicyclic) bond motifs is 3. The molecule has 6 rings (SSSR count). The van der Waals surface area contributed by atoms with Crippen LogP contribution in [0.4, 0.5) is 10.3 Å². The molecule has 6 nitrogen and oxygen atoms in total. The van der Waals surface area contributed by atoms with Gasteiger partial charge in [0.2, 0.25) is 5.95 Å². The van der Waals surface area contributed by atoms with E-state index in [-0.39, 0.29) is 5.82 Å². The Morgan fingerprint density at radius 1 is 1.06 bits per heavy atom. The fourth-order valence-corrected chi connectivity index (χ4v) is 5.02. The van der Waals surface area contributed by atoms with E-state index in [1.54, 1.807) is 36.1 Å². The molecule has 2 atom stereocenters. The van der Waals surface area contributed by atoms with Gasteiger partial charge in [0.1, 0.15) is 29.7 Å². The molecule has 170 valence electrons. The van der Waals surface area contributed by atoms with Crippen molar-refractivity contribution in [1.82, 2.24) is 14.8 Å². The molecule has 0 amide bonds. The van der Waals surface area contributed by atoms with Crippen LogP contribution in [-0.4, -0.2) is 21.9 Å². The van der Waals surface area contributed by atoms with E-state index in [4.69, 9.17) is 32.7 Å². The summed E-state index contributed by atoms with van der Waals surface area (Å²) in [5, 5.41) is 8.88. The number of nitrogens with one attached hydrogen (secondary N) is 1. The lowest BCUT2D eigenvalue weighted by atomic mass is 9.84. The molecule has 4 aromatic rings. The lowest BCUT2D eigenvalue weighted by Gasteiger charge is -2.39. The van der Waals surface area contributed by atoms with Crippen molar-refractivity contribution in [2.45, 2.75) is 12.1 Å². The molecule has 2 aliphatic rings. The molecule has 9 heteroatoms. The fourth-order valence-electron chi connectivity index (χ4n) is 4.51. The molecule has 34 heavy (non-hydrogen) atoms. The van der Waals surface area contributed by atoms with Crippen molar-refractivity contribution in [2.75, 3.05) is 12.4 Å². The van der Waals surface area contributed by atoms with Gasteiger partial charge in [-0.05, 0) is 48.0 Å². The Hall–Kier alpha value is -3.55. The van der Waals surface area contributed by atoms with Crippen LogP contribution >= 0.6 is 23.2 Å². The summed E-state index contributed by atoms with van der Waals surface area (Å²) in [6.45, 7) is 0. The van der Waals surface area contributed by atoms with Gasteiger partial charge in [-0.15, -0.1) is 0 Å². The number of aromatic nitrogens is 3. The lowest BCUT2D eigenvalue weighted by molar-refractivity contribution is 0.223. The maximum Gasteiger partial charge on any atom is 0.226 e. The van der Waals surface area contributed by atoms with Crippen LogP contribution in [-0.2, 0) is 0 Å². The van der Waals surface area contributed by atoms with Gasteiger partial charge in [0.05, 0.1) is 12.8 Å². The van der Waals surface area contributed by atoms with Gasteiger partial charge in [0.25, 0.3) is 0 Å². The summed E-state index contributed by atoms with van der Waals surface area (Å²) in [5.74, 6) is 1.58. The zero-order valence-corrected chi connectivity index (χ0v) is 19.3. The summed E-state index contributed by atoms with van der Waals surface area (Å²) in [7, 11) is 1.61. The van der Waals surface area contributed by atoms with Crippen LogP contribution in [0.2, 0.25) is 10.0 Å². The predicted molar refractivity (Wildman–Crippen MR) is 128 cm³/mol. The number of hydrogen-bond donors (Lipinski definition) is 1. The number of anilines is 1. The number of rotatable bonds is 3. The summed E-state index contributed by atoms with van der Waals surface area (Å²) in [4.78, 5) is 4.40. The Bertz CT molecular complexity index is 1450. The van der Waals surface area contributed by atoms with Crippen molar-refractivity contribution in [3.8, 4) is 11.5 Å². The molecule has 0 fully saturated rings. The standard InChI is InChI=1S/C25H17Cl2FN4O2/c1-33-16-7-9-20-18(11-16)22-21(24(34-20)17-8-4-14(26)10-19(17)27)23(13-2-5-15(28)6-3-13)32-25(31-22)29-12-30-32/h2-12,23-24H,1H3,(H,29,30,31)/t23-,24-/m1/s1. The first-order valence-corrected chi connectivity index (χ1v) is 11.2. The molecular formula is C25H17Cl2FN4O2. The smallest absolute Gasteiger partial charge is 0.226 e. The van der Waals surface area contributed by atoms with Gasteiger partial charge in [-0.25, -0.2) is 9.07 Å². The summed E-state index contributed by atoms with van der Waals surface area (Å²) in [6.07, 6.45) is 0.912. The second-order valence-corrected chi connectivity index (χ2v) is 8.81. The highest BCUT2D eigenvalue weighted by Crippen LogP contribution is 2.52. The number of ether oxygens (including phenoxy) is 2. The molecule has 0 saturated carbocycles. The number of halogens is 3. The third-order valence-electron chi connectivity index (χ3n) is 6.05. The van der Waals surface area contributed by atoms with Crippen molar-refractivity contribution in [3.63, 3.8) is 0 Å². The van der Waals surface area contributed by atoms with Crippen LogP contribution in [0.3, 0.4) is 0 Å². The molecule has 3 heterocycles. The molecule has 0 bridgehead atoms. The van der Waals surface area contributed by atoms with E-state index in [9.17, 15) is 4.39 Å². The summed E-state index contributed by atoms with van der Waals surface area (Å²) in [5.41, 5.74) is 4.06. The lowest BCUT2D eigenvalue weighted by Crippen LogP contribution is -2.32. The van der Waals surface area contributed by atoms with Crippen LogP contribution in [0.1, 0.15) is 28.8 Å². The molecular weight excluding hydrogens is 478 g/mol. The number of nitrogens with zero attached hydrogens (tertiary/aromatic N) is 3. The third kappa shape index (κ3) is 3.31. The quantitative estimate of drug-likeness (QED) is 0.362. The summed E-state index contributed by atoms with van der Waals surface area (Å²) < 4.78 is 27.6. The van der Waals surface area contributed by atoms with Gasteiger partial charge in [-0.1, -0.05) is 41.4 Å². The zero-order valence-electron chi connectivity index (χ0n) is 17.8. The molecule has 0 saturated heterocycles. The largest absolute Gasteiger partial charge is 0.497 e. The minimum absolute atomic E-state index is 0.321. The van der Waals surface area contributed by atoms with E-state index in [0.29, 0.717) is 27.5 Å². The van der Waals surface area contributed by atoms with Crippen LogP contribution in [0.25, 0.3) is 5.70 Å². The van der Waals surface area contributed by atoms with E-state index >= 15 is 0 Å². The van der Waals surface area contributed by atoms with Crippen LogP contribution in [0.15, 0.2) is 72.6 Å². The van der Waals surface area contributed by atoms with E-state index in [1.807, 2.05) is 24.3 Å². The average Bonchev–Trinajstić information content (AvgIpc) is 3.31. The Morgan fingerprint density at radius 3 is 2.65 bits per heavy atom.